The Labute approximate surface area is 174 Å². The van der Waals surface area contributed by atoms with Gasteiger partial charge in [-0.3, -0.25) is 14.5 Å². The highest BCUT2D eigenvalue weighted by Gasteiger charge is 2.35. The summed E-state index contributed by atoms with van der Waals surface area (Å²) in [5, 5.41) is 0.876. The molecule has 5 rings (SSSR count). The van der Waals surface area contributed by atoms with Crippen LogP contribution in [-0.4, -0.2) is 23.3 Å². The molecule has 0 saturated heterocycles. The molecule has 0 radical (unpaired) electrons. The Hall–Kier alpha value is -3.60. The first kappa shape index (κ1) is 18.4. The van der Waals surface area contributed by atoms with Gasteiger partial charge in [-0.1, -0.05) is 37.3 Å². The number of ether oxygens (including phenoxy) is 1. The molecule has 1 aliphatic heterocycles. The minimum absolute atomic E-state index is 0.104. The molecule has 0 spiro atoms. The molecule has 0 saturated carbocycles. The molecule has 150 valence electrons. The number of carbonyl (C=O) groups is 2. The van der Waals surface area contributed by atoms with Crippen molar-refractivity contribution in [2.45, 2.75) is 19.9 Å². The Morgan fingerprint density at radius 2 is 1.83 bits per heavy atom. The number of hydrogen-bond acceptors (Lipinski definition) is 4. The van der Waals surface area contributed by atoms with Crippen LogP contribution in [0.4, 0.5) is 0 Å². The van der Waals surface area contributed by atoms with Gasteiger partial charge >= 0.3 is 0 Å². The van der Waals surface area contributed by atoms with E-state index in [1.807, 2.05) is 24.3 Å². The third kappa shape index (κ3) is 3.32. The van der Waals surface area contributed by atoms with E-state index in [0.29, 0.717) is 35.0 Å². The van der Waals surface area contributed by atoms with Crippen molar-refractivity contribution in [3.05, 3.63) is 89.2 Å². The lowest BCUT2D eigenvalue weighted by Crippen LogP contribution is -2.28. The van der Waals surface area contributed by atoms with Crippen molar-refractivity contribution in [3.8, 4) is 5.75 Å². The number of benzene rings is 2. The van der Waals surface area contributed by atoms with Crippen LogP contribution < -0.4 is 4.74 Å². The second kappa shape index (κ2) is 7.34. The molecule has 1 aliphatic carbocycles. The zero-order chi connectivity index (χ0) is 20.7. The Balaban J connectivity index is 1.31. The van der Waals surface area contributed by atoms with Gasteiger partial charge in [-0.05, 0) is 54.3 Å². The fourth-order valence-electron chi connectivity index (χ4n) is 3.83. The van der Waals surface area contributed by atoms with Crippen LogP contribution in [0.1, 0.15) is 39.8 Å². The summed E-state index contributed by atoms with van der Waals surface area (Å²) in [4.78, 5) is 26.4. The lowest BCUT2D eigenvalue weighted by atomic mass is 9.99. The first-order valence-electron chi connectivity index (χ1n) is 10.1. The predicted octanol–water partition coefficient (Wildman–Crippen LogP) is 5.13. The summed E-state index contributed by atoms with van der Waals surface area (Å²) in [6, 6.07) is 14.4. The summed E-state index contributed by atoms with van der Waals surface area (Å²) in [6.07, 6.45) is 7.56. The molecule has 1 atom stereocenters. The van der Waals surface area contributed by atoms with Crippen molar-refractivity contribution in [3.63, 3.8) is 0 Å². The Morgan fingerprint density at radius 1 is 1.07 bits per heavy atom. The molecule has 0 N–H and O–H groups in total. The molecule has 30 heavy (non-hydrogen) atoms. The number of carbonyl (C=O) groups excluding carboxylic acids is 2. The average Bonchev–Trinajstić information content (AvgIpc) is 3.27. The van der Waals surface area contributed by atoms with E-state index in [0.717, 1.165) is 17.6 Å². The van der Waals surface area contributed by atoms with E-state index < -0.39 is 0 Å². The average molecular weight is 399 g/mol. The molecule has 1 aromatic heterocycles. The molecule has 2 amide bonds. The van der Waals surface area contributed by atoms with Crippen molar-refractivity contribution in [2.24, 2.45) is 5.92 Å². The van der Waals surface area contributed by atoms with E-state index in [4.69, 9.17) is 9.15 Å². The van der Waals surface area contributed by atoms with Crippen LogP contribution in [0.2, 0.25) is 0 Å². The van der Waals surface area contributed by atoms with Gasteiger partial charge in [0.05, 0.1) is 17.7 Å². The minimum atomic E-state index is -0.289. The van der Waals surface area contributed by atoms with E-state index in [1.165, 1.54) is 10.5 Å². The number of hydrogen-bond donors (Lipinski definition) is 0. The van der Waals surface area contributed by atoms with Gasteiger partial charge in [-0.15, -0.1) is 0 Å². The van der Waals surface area contributed by atoms with E-state index in [2.05, 4.69) is 25.2 Å². The van der Waals surface area contributed by atoms with Crippen LogP contribution in [-0.2, 0) is 6.54 Å². The molecule has 0 fully saturated rings. The summed E-state index contributed by atoms with van der Waals surface area (Å²) in [5.74, 6) is 1.31. The number of imide groups is 1. The van der Waals surface area contributed by atoms with Gasteiger partial charge in [-0.25, -0.2) is 0 Å². The van der Waals surface area contributed by atoms with Crippen LogP contribution in [0, 0.1) is 5.92 Å². The third-order valence-corrected chi connectivity index (χ3v) is 5.53. The van der Waals surface area contributed by atoms with Crippen LogP contribution in [0.3, 0.4) is 0 Å². The van der Waals surface area contributed by atoms with Gasteiger partial charge in [-0.2, -0.15) is 0 Å². The van der Waals surface area contributed by atoms with E-state index in [1.54, 1.807) is 24.3 Å². The topological polar surface area (TPSA) is 59.8 Å². The summed E-state index contributed by atoms with van der Waals surface area (Å²) >= 11 is 0. The van der Waals surface area contributed by atoms with E-state index in [9.17, 15) is 9.59 Å². The first-order valence-corrected chi connectivity index (χ1v) is 10.1. The molecule has 2 aliphatic rings. The molecular formula is C25H21NO4. The molecular weight excluding hydrogens is 378 g/mol. The maximum Gasteiger partial charge on any atom is 0.261 e. The fraction of sp³-hybridized carbons (Fsp3) is 0.200. The normalized spacial score (nSPS) is 18.1. The molecule has 5 nitrogen and oxygen atoms in total. The summed E-state index contributed by atoms with van der Waals surface area (Å²) in [7, 11) is 0. The monoisotopic (exact) mass is 399 g/mol. The zero-order valence-electron chi connectivity index (χ0n) is 16.6. The lowest BCUT2D eigenvalue weighted by molar-refractivity contribution is 0.0632. The van der Waals surface area contributed by atoms with Crippen molar-refractivity contribution >= 4 is 22.8 Å². The summed E-state index contributed by atoms with van der Waals surface area (Å²) in [5.41, 5.74) is 2.75. The second-order valence-electron chi connectivity index (χ2n) is 7.79. The van der Waals surface area contributed by atoms with Gasteiger partial charge in [0, 0.05) is 5.39 Å². The Morgan fingerprint density at radius 3 is 2.53 bits per heavy atom. The first-order chi connectivity index (χ1) is 14.6. The number of nitrogens with zero attached hydrogens (tertiary/aromatic N) is 1. The van der Waals surface area contributed by atoms with Gasteiger partial charge in [0.1, 0.15) is 23.7 Å². The smallest absolute Gasteiger partial charge is 0.261 e. The third-order valence-electron chi connectivity index (χ3n) is 5.53. The standard InChI is InChI=1S/C25H21NO4/c1-16-6-8-17(9-7-16)15-29-19-10-11-23-18(12-19)13-20(30-23)14-26-24(27)21-4-2-3-5-22(21)25(26)28/h2-6,8-13,16H,7,14-15H2,1H3. The molecule has 5 heteroatoms. The highest BCUT2D eigenvalue weighted by atomic mass is 16.5. The van der Waals surface area contributed by atoms with Crippen LogP contribution in [0.15, 0.2) is 76.7 Å². The molecule has 2 aromatic carbocycles. The number of amides is 2. The predicted molar refractivity (Wildman–Crippen MR) is 113 cm³/mol. The highest BCUT2D eigenvalue weighted by Crippen LogP contribution is 2.29. The van der Waals surface area contributed by atoms with E-state index in [-0.39, 0.29) is 18.4 Å². The number of fused-ring (bicyclic) bond motifs is 2. The van der Waals surface area contributed by atoms with Crippen LogP contribution in [0.5, 0.6) is 5.75 Å². The van der Waals surface area contributed by atoms with Gasteiger partial charge in [0.25, 0.3) is 11.8 Å². The van der Waals surface area contributed by atoms with Crippen molar-refractivity contribution < 1.29 is 18.7 Å². The zero-order valence-corrected chi connectivity index (χ0v) is 16.6. The molecule has 2 heterocycles. The quantitative estimate of drug-likeness (QED) is 0.558. The Bertz CT molecular complexity index is 1180. The maximum absolute atomic E-state index is 12.6. The van der Waals surface area contributed by atoms with Crippen molar-refractivity contribution in [1.82, 2.24) is 4.90 Å². The molecule has 3 aromatic rings. The van der Waals surface area contributed by atoms with Crippen LogP contribution in [0.25, 0.3) is 11.0 Å². The van der Waals surface area contributed by atoms with Gasteiger partial charge < -0.3 is 9.15 Å². The van der Waals surface area contributed by atoms with Crippen LogP contribution >= 0.6 is 0 Å². The van der Waals surface area contributed by atoms with Crippen molar-refractivity contribution in [1.29, 1.82) is 0 Å². The highest BCUT2D eigenvalue weighted by molar-refractivity contribution is 6.21. The largest absolute Gasteiger partial charge is 0.489 e. The Kier molecular flexibility index (Phi) is 4.51. The number of allylic oxidation sites excluding steroid dienone is 2. The fourth-order valence-corrected chi connectivity index (χ4v) is 3.83. The number of rotatable bonds is 5. The number of furan rings is 1. The summed E-state index contributed by atoms with van der Waals surface area (Å²) in [6.45, 7) is 2.82. The SMILES string of the molecule is CC1C=CC(COc2ccc3oc(CN4C(=O)c5ccccc5C4=O)cc3c2)=CC1. The summed E-state index contributed by atoms with van der Waals surface area (Å²) < 4.78 is 11.8. The molecule has 1 unspecified atom stereocenters. The molecule has 0 bridgehead atoms. The van der Waals surface area contributed by atoms with Gasteiger partial charge in [0.2, 0.25) is 0 Å². The maximum atomic E-state index is 12.6. The minimum Gasteiger partial charge on any atom is -0.489 e. The van der Waals surface area contributed by atoms with Gasteiger partial charge in [0.15, 0.2) is 0 Å². The second-order valence-corrected chi connectivity index (χ2v) is 7.79. The lowest BCUT2D eigenvalue weighted by Gasteiger charge is -2.12. The van der Waals surface area contributed by atoms with E-state index >= 15 is 0 Å². The van der Waals surface area contributed by atoms with Crippen molar-refractivity contribution in [2.75, 3.05) is 6.61 Å².